The quantitative estimate of drug-likeness (QED) is 0.407. The lowest BCUT2D eigenvalue weighted by Gasteiger charge is -2.39. The van der Waals surface area contributed by atoms with Crippen molar-refractivity contribution in [1.82, 2.24) is 4.98 Å². The molecule has 0 aliphatic carbocycles. The number of methoxy groups -OCH3 is 1. The lowest BCUT2D eigenvalue weighted by Crippen LogP contribution is -2.57. The van der Waals surface area contributed by atoms with E-state index in [0.717, 1.165) is 25.3 Å². The van der Waals surface area contributed by atoms with Crippen molar-refractivity contribution in [2.75, 3.05) is 24.4 Å². The van der Waals surface area contributed by atoms with Crippen LogP contribution in [0.15, 0.2) is 47.3 Å². The van der Waals surface area contributed by atoms with E-state index in [2.05, 4.69) is 10.3 Å². The molecule has 0 aliphatic heterocycles. The normalized spacial score (nSPS) is 15.1. The maximum atomic E-state index is 14.7. The number of benzene rings is 2. The number of hydrogen-bond donors (Lipinski definition) is 3. The largest absolute Gasteiger partial charge is 0.494 e. The van der Waals surface area contributed by atoms with Crippen molar-refractivity contribution >= 4 is 38.0 Å². The topological polar surface area (TPSA) is 108 Å². The number of aliphatic hydroxyl groups is 1. The molecule has 1 heterocycles. The van der Waals surface area contributed by atoms with E-state index in [4.69, 9.17) is 16.3 Å². The maximum absolute atomic E-state index is 14.7. The summed E-state index contributed by atoms with van der Waals surface area (Å²) in [7, 11) is -3.29. The molecule has 7 nitrogen and oxygen atoms in total. The van der Waals surface area contributed by atoms with Gasteiger partial charge in [0.05, 0.1) is 29.4 Å². The minimum Gasteiger partial charge on any atom is -0.494 e. The number of pyridine rings is 1. The van der Waals surface area contributed by atoms with Crippen molar-refractivity contribution in [1.29, 1.82) is 0 Å². The van der Waals surface area contributed by atoms with Crippen molar-refractivity contribution in [3.63, 3.8) is 0 Å². The number of rotatable bonds is 7. The summed E-state index contributed by atoms with van der Waals surface area (Å²) in [6.45, 7) is 0. The third-order valence-corrected chi connectivity index (χ3v) is 6.47. The number of ether oxygens (including phenoxy) is 1. The number of halogens is 5. The molecular weight excluding hydrogens is 504 g/mol. The third kappa shape index (κ3) is 4.98. The third-order valence-electron chi connectivity index (χ3n) is 5.12. The van der Waals surface area contributed by atoms with E-state index in [1.54, 1.807) is 0 Å². The summed E-state index contributed by atoms with van der Waals surface area (Å²) in [4.78, 5) is 14.1. The van der Waals surface area contributed by atoms with Crippen LogP contribution in [0.2, 0.25) is 5.02 Å². The van der Waals surface area contributed by atoms with Crippen LogP contribution in [0.5, 0.6) is 5.75 Å². The highest BCUT2D eigenvalue weighted by Gasteiger charge is 2.61. The predicted octanol–water partition coefficient (Wildman–Crippen LogP) is 3.82. The highest BCUT2D eigenvalue weighted by Crippen LogP contribution is 2.46. The van der Waals surface area contributed by atoms with Crippen LogP contribution in [0.1, 0.15) is 11.6 Å². The van der Waals surface area contributed by atoms with Gasteiger partial charge in [-0.15, -0.1) is 0 Å². The van der Waals surface area contributed by atoms with Crippen molar-refractivity contribution in [3.8, 4) is 5.75 Å². The molecule has 0 saturated carbocycles. The first-order valence-corrected chi connectivity index (χ1v) is 12.0. The number of sulfone groups is 1. The molecule has 3 aromatic rings. The number of anilines is 1. The lowest BCUT2D eigenvalue weighted by molar-refractivity contribution is -0.257. The number of alkyl halides is 3. The van der Waals surface area contributed by atoms with Gasteiger partial charge >= 0.3 is 6.18 Å². The van der Waals surface area contributed by atoms with Gasteiger partial charge in [0.15, 0.2) is 27.0 Å². The van der Waals surface area contributed by atoms with E-state index < -0.39 is 55.4 Å². The molecule has 2 aromatic carbocycles. The lowest BCUT2D eigenvalue weighted by atomic mass is 9.88. The number of hydrogen-bond acceptors (Lipinski definition) is 6. The maximum Gasteiger partial charge on any atom is 0.420 e. The van der Waals surface area contributed by atoms with E-state index in [1.165, 1.54) is 24.3 Å². The fraction of sp³-hybridized carbons (Fsp3) is 0.286. The van der Waals surface area contributed by atoms with Gasteiger partial charge in [-0.1, -0.05) is 23.7 Å². The smallest absolute Gasteiger partial charge is 0.420 e. The first kappa shape index (κ1) is 25.8. The predicted molar refractivity (Wildman–Crippen MR) is 120 cm³/mol. The molecule has 1 aromatic heterocycles. The number of fused-ring (bicyclic) bond motifs is 1. The molecule has 3 N–H and O–H groups in total. The first-order chi connectivity index (χ1) is 15.7. The Hall–Kier alpha value is -2.83. The van der Waals surface area contributed by atoms with E-state index in [9.17, 15) is 35.9 Å². The zero-order valence-corrected chi connectivity index (χ0v) is 19.3. The SMILES string of the molecule is COc1ccc([C@H](Nc2cccc3[nH]c(=O)ccc23)[C@](O)(CS(C)(=O)=O)C(F)(F)F)c(Cl)c1F. The Morgan fingerprint density at radius 1 is 1.18 bits per heavy atom. The van der Waals surface area contributed by atoms with Gasteiger partial charge in [-0.3, -0.25) is 4.79 Å². The van der Waals surface area contributed by atoms with Crippen LogP contribution >= 0.6 is 11.6 Å². The Labute approximate surface area is 196 Å². The van der Waals surface area contributed by atoms with Gasteiger partial charge in [0.1, 0.15) is 0 Å². The van der Waals surface area contributed by atoms with Crippen LogP contribution in [0.3, 0.4) is 0 Å². The fourth-order valence-corrected chi connectivity index (χ4v) is 4.97. The molecule has 0 amide bonds. The molecule has 0 saturated heterocycles. The van der Waals surface area contributed by atoms with Crippen LogP contribution in [-0.2, 0) is 9.84 Å². The summed E-state index contributed by atoms with van der Waals surface area (Å²) in [5, 5.41) is 12.8. The van der Waals surface area contributed by atoms with Gasteiger partial charge in [0.25, 0.3) is 0 Å². The minimum absolute atomic E-state index is 0.0118. The summed E-state index contributed by atoms with van der Waals surface area (Å²) in [6, 6.07) is 6.42. The Balaban J connectivity index is 2.31. The second-order valence-corrected chi connectivity index (χ2v) is 10.2. The Kier molecular flexibility index (Phi) is 6.89. The zero-order valence-electron chi connectivity index (χ0n) is 17.7. The molecule has 0 fully saturated rings. The van der Waals surface area contributed by atoms with Crippen molar-refractivity contribution in [3.05, 3.63) is 69.2 Å². The zero-order chi connectivity index (χ0) is 25.5. The molecule has 0 radical (unpaired) electrons. The van der Waals surface area contributed by atoms with Crippen molar-refractivity contribution < 1.29 is 35.8 Å². The van der Waals surface area contributed by atoms with Gasteiger partial charge in [0, 0.05) is 23.4 Å². The Morgan fingerprint density at radius 2 is 1.85 bits per heavy atom. The number of aromatic amines is 1. The summed E-state index contributed by atoms with van der Waals surface area (Å²) in [5.74, 6) is -3.30. The van der Waals surface area contributed by atoms with E-state index in [0.29, 0.717) is 6.26 Å². The van der Waals surface area contributed by atoms with E-state index in [-0.39, 0.29) is 22.3 Å². The molecule has 13 heteroatoms. The van der Waals surface area contributed by atoms with Crippen LogP contribution in [0.25, 0.3) is 10.9 Å². The molecule has 3 rings (SSSR count). The molecular formula is C21H19ClF4N2O5S. The average molecular weight is 523 g/mol. The van der Waals surface area contributed by atoms with Gasteiger partial charge < -0.3 is 20.1 Å². The van der Waals surface area contributed by atoms with E-state index >= 15 is 0 Å². The van der Waals surface area contributed by atoms with Crippen LogP contribution in [0.4, 0.5) is 23.2 Å². The second kappa shape index (κ2) is 9.08. The van der Waals surface area contributed by atoms with E-state index in [1.807, 2.05) is 0 Å². The van der Waals surface area contributed by atoms with Crippen LogP contribution in [-0.4, -0.2) is 49.4 Å². The number of H-pyrrole nitrogens is 1. The molecule has 0 unspecified atom stereocenters. The molecule has 0 aliphatic rings. The van der Waals surface area contributed by atoms with Crippen molar-refractivity contribution in [2.45, 2.75) is 17.8 Å². The second-order valence-electron chi connectivity index (χ2n) is 7.64. The highest BCUT2D eigenvalue weighted by molar-refractivity contribution is 7.90. The Morgan fingerprint density at radius 3 is 2.44 bits per heavy atom. The molecule has 0 spiro atoms. The summed E-state index contributed by atoms with van der Waals surface area (Å²) in [6.07, 6.45) is -4.97. The van der Waals surface area contributed by atoms with Gasteiger partial charge in [-0.25, -0.2) is 12.8 Å². The van der Waals surface area contributed by atoms with Gasteiger partial charge in [0.2, 0.25) is 5.56 Å². The number of aromatic nitrogens is 1. The fourth-order valence-electron chi connectivity index (χ4n) is 3.58. The van der Waals surface area contributed by atoms with Crippen LogP contribution < -0.4 is 15.6 Å². The van der Waals surface area contributed by atoms with Gasteiger partial charge in [-0.05, 0) is 29.8 Å². The highest BCUT2D eigenvalue weighted by atomic mass is 35.5. The van der Waals surface area contributed by atoms with Crippen LogP contribution in [0, 0.1) is 5.82 Å². The minimum atomic E-state index is -5.49. The summed E-state index contributed by atoms with van der Waals surface area (Å²) in [5.41, 5.74) is -4.73. The summed E-state index contributed by atoms with van der Waals surface area (Å²) >= 11 is 6.03. The first-order valence-electron chi connectivity index (χ1n) is 9.55. The molecule has 184 valence electrons. The molecule has 2 atom stereocenters. The van der Waals surface area contributed by atoms with Gasteiger partial charge in [-0.2, -0.15) is 13.2 Å². The standard InChI is InChI=1S/C21H19ClF4N2O5S/c1-33-15-8-6-12(17(22)18(15)23)19(20(30,21(24,25)26)10-34(2,31)32)28-14-5-3-4-13-11(14)7-9-16(29)27-13/h3-9,19,28,30H,10H2,1-2H3,(H,27,29)/t19-,20+/m0/s1. The van der Waals surface area contributed by atoms with Crippen molar-refractivity contribution in [2.24, 2.45) is 0 Å². The monoisotopic (exact) mass is 522 g/mol. The average Bonchev–Trinajstić information content (AvgIpc) is 2.72. The molecule has 34 heavy (non-hydrogen) atoms. The number of nitrogens with one attached hydrogen (secondary N) is 2. The molecule has 0 bridgehead atoms. The Bertz CT molecular complexity index is 1390. The summed E-state index contributed by atoms with van der Waals surface area (Å²) < 4.78 is 86.1.